The number of carbonyl (C=O) groups is 1. The van der Waals surface area contributed by atoms with Crippen molar-refractivity contribution in [1.29, 1.82) is 0 Å². The third-order valence-corrected chi connectivity index (χ3v) is 3.60. The van der Waals surface area contributed by atoms with E-state index in [0.29, 0.717) is 25.4 Å². The highest BCUT2D eigenvalue weighted by Gasteiger charge is 2.28. The largest absolute Gasteiger partial charge is 0.356 e. The van der Waals surface area contributed by atoms with Gasteiger partial charge in [-0.2, -0.15) is 0 Å². The molecule has 1 rings (SSSR count). The van der Waals surface area contributed by atoms with E-state index >= 15 is 0 Å². The first-order chi connectivity index (χ1) is 7.90. The fraction of sp³-hybridized carbons (Fsp3) is 0.900. The molecule has 100 valence electrons. The molecule has 3 N–H and O–H groups in total. The second-order valence-corrected chi connectivity index (χ2v) is 6.39. The van der Waals surface area contributed by atoms with Crippen LogP contribution >= 0.6 is 0 Å². The van der Waals surface area contributed by atoms with Crippen LogP contribution < -0.4 is 15.4 Å². The van der Waals surface area contributed by atoms with Crippen LogP contribution in [0.1, 0.15) is 13.3 Å². The summed E-state index contributed by atoms with van der Waals surface area (Å²) >= 11 is 0. The van der Waals surface area contributed by atoms with Crippen LogP contribution in [0.5, 0.6) is 0 Å². The van der Waals surface area contributed by atoms with E-state index in [4.69, 9.17) is 0 Å². The van der Waals surface area contributed by atoms with Crippen molar-refractivity contribution in [3.8, 4) is 0 Å². The smallest absolute Gasteiger partial charge is 0.224 e. The van der Waals surface area contributed by atoms with Gasteiger partial charge in [0.05, 0.1) is 12.2 Å². The highest BCUT2D eigenvalue weighted by atomic mass is 32.2. The molecule has 0 spiro atoms. The predicted octanol–water partition coefficient (Wildman–Crippen LogP) is -1.10. The van der Waals surface area contributed by atoms with Gasteiger partial charge in [-0.15, -0.1) is 0 Å². The SMILES string of the molecule is C[C@@H]1CNC[C@H]1C(=O)NCCCNS(C)(=O)=O. The van der Waals surface area contributed by atoms with Crippen LogP contribution in [-0.4, -0.2) is 46.8 Å². The molecule has 0 unspecified atom stereocenters. The number of hydrogen-bond donors (Lipinski definition) is 3. The molecule has 0 aromatic heterocycles. The van der Waals surface area contributed by atoms with E-state index in [9.17, 15) is 13.2 Å². The van der Waals surface area contributed by atoms with Crippen molar-refractivity contribution in [2.75, 3.05) is 32.4 Å². The lowest BCUT2D eigenvalue weighted by molar-refractivity contribution is -0.125. The molecule has 6 nitrogen and oxygen atoms in total. The minimum absolute atomic E-state index is 0.0397. The summed E-state index contributed by atoms with van der Waals surface area (Å²) in [7, 11) is -3.12. The lowest BCUT2D eigenvalue weighted by Gasteiger charge is -2.14. The van der Waals surface area contributed by atoms with Gasteiger partial charge in [0.15, 0.2) is 0 Å². The monoisotopic (exact) mass is 263 g/mol. The summed E-state index contributed by atoms with van der Waals surface area (Å²) in [6.07, 6.45) is 1.73. The van der Waals surface area contributed by atoms with E-state index in [-0.39, 0.29) is 11.8 Å². The highest BCUT2D eigenvalue weighted by molar-refractivity contribution is 7.88. The summed E-state index contributed by atoms with van der Waals surface area (Å²) in [5.41, 5.74) is 0. The van der Waals surface area contributed by atoms with Gasteiger partial charge in [-0.25, -0.2) is 13.1 Å². The van der Waals surface area contributed by atoms with Crippen molar-refractivity contribution in [1.82, 2.24) is 15.4 Å². The molecular formula is C10H21N3O3S. The first-order valence-electron chi connectivity index (χ1n) is 5.83. The Kier molecular flexibility index (Phi) is 5.35. The molecule has 17 heavy (non-hydrogen) atoms. The van der Waals surface area contributed by atoms with E-state index in [1.807, 2.05) is 0 Å². The molecule has 0 aliphatic carbocycles. The first kappa shape index (κ1) is 14.4. The molecule has 0 aromatic rings. The Labute approximate surface area is 103 Å². The van der Waals surface area contributed by atoms with Gasteiger partial charge in [-0.3, -0.25) is 4.79 Å². The van der Waals surface area contributed by atoms with Crippen molar-refractivity contribution < 1.29 is 13.2 Å². The summed E-state index contributed by atoms with van der Waals surface area (Å²) < 4.78 is 23.9. The van der Waals surface area contributed by atoms with Gasteiger partial charge in [-0.1, -0.05) is 6.92 Å². The maximum absolute atomic E-state index is 11.7. The highest BCUT2D eigenvalue weighted by Crippen LogP contribution is 2.15. The molecule has 0 aromatic carbocycles. The molecule has 0 radical (unpaired) electrons. The lowest BCUT2D eigenvalue weighted by atomic mass is 9.97. The number of amides is 1. The van der Waals surface area contributed by atoms with Gasteiger partial charge >= 0.3 is 0 Å². The minimum Gasteiger partial charge on any atom is -0.356 e. The number of rotatable bonds is 6. The van der Waals surface area contributed by atoms with Crippen LogP contribution in [-0.2, 0) is 14.8 Å². The molecule has 1 aliphatic rings. The topological polar surface area (TPSA) is 87.3 Å². The Morgan fingerprint density at radius 1 is 1.35 bits per heavy atom. The Hall–Kier alpha value is -0.660. The van der Waals surface area contributed by atoms with Crippen LogP contribution in [0.15, 0.2) is 0 Å². The molecule has 7 heteroatoms. The van der Waals surface area contributed by atoms with Gasteiger partial charge in [-0.05, 0) is 18.9 Å². The molecule has 0 bridgehead atoms. The normalized spacial score (nSPS) is 24.8. The zero-order valence-electron chi connectivity index (χ0n) is 10.3. The first-order valence-corrected chi connectivity index (χ1v) is 7.72. The Morgan fingerprint density at radius 3 is 2.59 bits per heavy atom. The van der Waals surface area contributed by atoms with Gasteiger partial charge < -0.3 is 10.6 Å². The van der Waals surface area contributed by atoms with Crippen LogP contribution in [0, 0.1) is 11.8 Å². The Balaban J connectivity index is 2.12. The second kappa shape index (κ2) is 6.32. The third kappa shape index (κ3) is 5.47. The maximum atomic E-state index is 11.7. The second-order valence-electron chi connectivity index (χ2n) is 4.55. The average Bonchev–Trinajstić information content (AvgIpc) is 2.62. The van der Waals surface area contributed by atoms with E-state index in [2.05, 4.69) is 22.3 Å². The third-order valence-electron chi connectivity index (χ3n) is 2.87. The van der Waals surface area contributed by atoms with Crippen molar-refractivity contribution >= 4 is 15.9 Å². The van der Waals surface area contributed by atoms with Crippen molar-refractivity contribution in [2.24, 2.45) is 11.8 Å². The van der Waals surface area contributed by atoms with Gasteiger partial charge in [0.2, 0.25) is 15.9 Å². The number of carbonyl (C=O) groups excluding carboxylic acids is 1. The molecule has 1 fully saturated rings. The molecule has 1 saturated heterocycles. The van der Waals surface area contributed by atoms with Gasteiger partial charge in [0, 0.05) is 19.6 Å². The maximum Gasteiger partial charge on any atom is 0.224 e. The summed E-state index contributed by atoms with van der Waals surface area (Å²) in [5.74, 6) is 0.462. The van der Waals surface area contributed by atoms with E-state index < -0.39 is 10.0 Å². The lowest BCUT2D eigenvalue weighted by Crippen LogP contribution is -2.36. The van der Waals surface area contributed by atoms with Crippen LogP contribution in [0.2, 0.25) is 0 Å². The Morgan fingerprint density at radius 2 is 2.06 bits per heavy atom. The fourth-order valence-corrected chi connectivity index (χ4v) is 2.36. The quantitative estimate of drug-likeness (QED) is 0.531. The number of nitrogens with one attached hydrogen (secondary N) is 3. The number of hydrogen-bond acceptors (Lipinski definition) is 4. The fourth-order valence-electron chi connectivity index (χ4n) is 1.85. The van der Waals surface area contributed by atoms with E-state index in [1.165, 1.54) is 0 Å². The molecule has 1 amide bonds. The molecule has 1 heterocycles. The minimum atomic E-state index is -3.12. The summed E-state index contributed by atoms with van der Waals surface area (Å²) in [5, 5.41) is 6.00. The van der Waals surface area contributed by atoms with Crippen molar-refractivity contribution in [2.45, 2.75) is 13.3 Å². The van der Waals surface area contributed by atoms with Gasteiger partial charge in [0.1, 0.15) is 0 Å². The van der Waals surface area contributed by atoms with Crippen LogP contribution in [0.25, 0.3) is 0 Å². The zero-order chi connectivity index (χ0) is 12.9. The van der Waals surface area contributed by atoms with E-state index in [1.54, 1.807) is 0 Å². The van der Waals surface area contributed by atoms with Crippen LogP contribution in [0.4, 0.5) is 0 Å². The van der Waals surface area contributed by atoms with Crippen molar-refractivity contribution in [3.63, 3.8) is 0 Å². The molecule has 2 atom stereocenters. The van der Waals surface area contributed by atoms with Crippen molar-refractivity contribution in [3.05, 3.63) is 0 Å². The molecular weight excluding hydrogens is 242 g/mol. The molecule has 0 saturated carbocycles. The average molecular weight is 263 g/mol. The van der Waals surface area contributed by atoms with E-state index in [0.717, 1.165) is 19.3 Å². The van der Waals surface area contributed by atoms with Crippen LogP contribution in [0.3, 0.4) is 0 Å². The molecule has 1 aliphatic heterocycles. The predicted molar refractivity (Wildman–Crippen MR) is 66.0 cm³/mol. The number of sulfonamides is 1. The summed E-state index contributed by atoms with van der Waals surface area (Å²) in [6, 6.07) is 0. The Bertz CT molecular complexity index is 356. The summed E-state index contributed by atoms with van der Waals surface area (Å²) in [6.45, 7) is 4.53. The summed E-state index contributed by atoms with van der Waals surface area (Å²) in [4.78, 5) is 11.7. The standard InChI is InChI=1S/C10H21N3O3S/c1-8-6-11-7-9(8)10(14)12-4-3-5-13-17(2,15)16/h8-9,11,13H,3-7H2,1-2H3,(H,12,14)/t8-,9-/m1/s1. The zero-order valence-corrected chi connectivity index (χ0v) is 11.1. The van der Waals surface area contributed by atoms with Gasteiger partial charge in [0.25, 0.3) is 0 Å².